The van der Waals surface area contributed by atoms with Crippen LogP contribution in [0.2, 0.25) is 0 Å². The Bertz CT molecular complexity index is 765. The molecule has 3 heterocycles. The van der Waals surface area contributed by atoms with Crippen LogP contribution in [0.1, 0.15) is 0 Å². The first kappa shape index (κ1) is 21.6. The molecule has 2 fully saturated rings. The van der Waals surface area contributed by atoms with Crippen molar-refractivity contribution in [3.05, 3.63) is 23.5 Å². The summed E-state index contributed by atoms with van der Waals surface area (Å²) in [6, 6.07) is 0. The van der Waals surface area contributed by atoms with Crippen molar-refractivity contribution in [1.29, 1.82) is 0 Å². The number of ether oxygens (including phenoxy) is 5. The van der Waals surface area contributed by atoms with Crippen molar-refractivity contribution in [2.24, 2.45) is 11.8 Å². The first-order valence-electron chi connectivity index (χ1n) is 9.29. The molecule has 0 aromatic heterocycles. The SMILES string of the molecule is CSC(=O)OCC1=C[C@@H]2OC(=O)C3=CO[C@@H](O[C@@H]4O[C@H](CO)[C@@H](O)[C@H](O)[C@H]4O)[C@H]1[C@@H]32. The Labute approximate surface area is 175 Å². The fourth-order valence-electron chi connectivity index (χ4n) is 4.14. The van der Waals surface area contributed by atoms with Crippen LogP contribution in [0.15, 0.2) is 23.5 Å². The molecule has 30 heavy (non-hydrogen) atoms. The molecular formula is C18H22O11S. The number of carbonyl (C=O) groups excluding carboxylic acids is 2. The lowest BCUT2D eigenvalue weighted by Crippen LogP contribution is -2.60. The average molecular weight is 446 g/mol. The molecule has 12 heteroatoms. The van der Waals surface area contributed by atoms with Gasteiger partial charge in [-0.15, -0.1) is 0 Å². The number of hydrogen-bond donors (Lipinski definition) is 4. The van der Waals surface area contributed by atoms with E-state index in [-0.39, 0.29) is 6.61 Å². The van der Waals surface area contributed by atoms with Crippen LogP contribution < -0.4 is 0 Å². The Kier molecular flexibility index (Phi) is 6.08. The second kappa shape index (κ2) is 8.46. The van der Waals surface area contributed by atoms with Crippen molar-refractivity contribution in [1.82, 2.24) is 0 Å². The van der Waals surface area contributed by atoms with E-state index in [1.165, 1.54) is 6.26 Å². The fraction of sp³-hybridized carbons (Fsp3) is 0.667. The third kappa shape index (κ3) is 3.62. The quantitative estimate of drug-likeness (QED) is 0.290. The van der Waals surface area contributed by atoms with Crippen LogP contribution in [0.5, 0.6) is 0 Å². The molecule has 0 saturated carbocycles. The Balaban J connectivity index is 1.54. The molecule has 0 aromatic carbocycles. The van der Waals surface area contributed by atoms with Crippen molar-refractivity contribution >= 4 is 23.0 Å². The maximum absolute atomic E-state index is 12.0. The largest absolute Gasteiger partial charge is 0.471 e. The third-order valence-corrected chi connectivity index (χ3v) is 6.10. The molecule has 2 saturated heterocycles. The van der Waals surface area contributed by atoms with Crippen LogP contribution in [-0.4, -0.2) is 94.3 Å². The highest BCUT2D eigenvalue weighted by Gasteiger charge is 2.56. The molecule has 9 atom stereocenters. The van der Waals surface area contributed by atoms with Gasteiger partial charge in [0.05, 0.1) is 24.4 Å². The highest BCUT2D eigenvalue weighted by Crippen LogP contribution is 2.49. The highest BCUT2D eigenvalue weighted by molar-refractivity contribution is 8.12. The van der Waals surface area contributed by atoms with Crippen molar-refractivity contribution in [2.45, 2.75) is 43.1 Å². The second-order valence-corrected chi connectivity index (χ2v) is 8.06. The van der Waals surface area contributed by atoms with E-state index in [2.05, 4.69) is 0 Å². The molecule has 4 aliphatic rings. The molecular weight excluding hydrogens is 424 g/mol. The maximum atomic E-state index is 12.0. The van der Waals surface area contributed by atoms with E-state index in [4.69, 9.17) is 23.7 Å². The number of aliphatic hydroxyl groups excluding tert-OH is 4. The monoisotopic (exact) mass is 446 g/mol. The summed E-state index contributed by atoms with van der Waals surface area (Å²) in [7, 11) is 0. The summed E-state index contributed by atoms with van der Waals surface area (Å²) in [6.07, 6.45) is -4.47. The number of hydrogen-bond acceptors (Lipinski definition) is 12. The fourth-order valence-corrected chi connectivity index (χ4v) is 4.31. The smallest absolute Gasteiger partial charge is 0.367 e. The Morgan fingerprint density at radius 3 is 2.63 bits per heavy atom. The van der Waals surface area contributed by atoms with Crippen molar-refractivity contribution < 1.29 is 53.7 Å². The van der Waals surface area contributed by atoms with E-state index in [0.717, 1.165) is 11.8 Å². The molecule has 1 aliphatic carbocycles. The van der Waals surface area contributed by atoms with Gasteiger partial charge in [-0.05, 0) is 29.7 Å². The van der Waals surface area contributed by atoms with Crippen molar-refractivity contribution in [3.8, 4) is 0 Å². The molecule has 0 radical (unpaired) electrons. The molecule has 0 unspecified atom stereocenters. The molecule has 166 valence electrons. The van der Waals surface area contributed by atoms with E-state index in [9.17, 15) is 30.0 Å². The average Bonchev–Trinajstić information content (AvgIpc) is 3.26. The lowest BCUT2D eigenvalue weighted by molar-refractivity contribution is -0.339. The van der Waals surface area contributed by atoms with Gasteiger partial charge in [0.1, 0.15) is 37.1 Å². The van der Waals surface area contributed by atoms with Gasteiger partial charge in [0, 0.05) is 5.92 Å². The number of esters is 1. The van der Waals surface area contributed by atoms with Crippen LogP contribution in [0, 0.1) is 11.8 Å². The van der Waals surface area contributed by atoms with Crippen LogP contribution in [-0.2, 0) is 28.5 Å². The topological polar surface area (TPSA) is 161 Å². The first-order chi connectivity index (χ1) is 14.3. The Morgan fingerprint density at radius 1 is 1.17 bits per heavy atom. The zero-order valence-electron chi connectivity index (χ0n) is 15.8. The molecule has 4 N–H and O–H groups in total. The van der Waals surface area contributed by atoms with Gasteiger partial charge in [0.15, 0.2) is 6.29 Å². The molecule has 0 bridgehead atoms. The van der Waals surface area contributed by atoms with Gasteiger partial charge in [-0.1, -0.05) is 0 Å². The van der Waals surface area contributed by atoms with Gasteiger partial charge in [-0.2, -0.15) is 0 Å². The van der Waals surface area contributed by atoms with Gasteiger partial charge in [-0.3, -0.25) is 0 Å². The summed E-state index contributed by atoms with van der Waals surface area (Å²) in [6.45, 7) is -0.674. The minimum absolute atomic E-state index is 0.0694. The summed E-state index contributed by atoms with van der Waals surface area (Å²) in [5.41, 5.74) is 0.932. The van der Waals surface area contributed by atoms with Gasteiger partial charge < -0.3 is 44.1 Å². The summed E-state index contributed by atoms with van der Waals surface area (Å²) in [5, 5.41) is 39.0. The van der Waals surface area contributed by atoms with E-state index in [1.54, 1.807) is 12.3 Å². The second-order valence-electron chi connectivity index (χ2n) is 7.32. The van der Waals surface area contributed by atoms with Crippen LogP contribution in [0.4, 0.5) is 4.79 Å². The van der Waals surface area contributed by atoms with E-state index < -0.39 is 72.8 Å². The minimum Gasteiger partial charge on any atom is -0.471 e. The summed E-state index contributed by atoms with van der Waals surface area (Å²) >= 11 is 0.910. The van der Waals surface area contributed by atoms with Crippen LogP contribution in [0.3, 0.4) is 0 Å². The van der Waals surface area contributed by atoms with Gasteiger partial charge in [-0.25, -0.2) is 9.59 Å². The molecule has 0 aromatic rings. The molecule has 0 amide bonds. The highest BCUT2D eigenvalue weighted by atomic mass is 32.2. The van der Waals surface area contributed by atoms with E-state index >= 15 is 0 Å². The Morgan fingerprint density at radius 2 is 1.93 bits per heavy atom. The number of rotatable bonds is 5. The summed E-state index contributed by atoms with van der Waals surface area (Å²) < 4.78 is 27.2. The predicted molar refractivity (Wildman–Crippen MR) is 97.6 cm³/mol. The minimum atomic E-state index is -1.61. The van der Waals surface area contributed by atoms with Crippen molar-refractivity contribution in [2.75, 3.05) is 19.5 Å². The summed E-state index contributed by atoms with van der Waals surface area (Å²) in [4.78, 5) is 23.6. The normalized spacial score (nSPS) is 42.0. The lowest BCUT2D eigenvalue weighted by atomic mass is 9.84. The Hall–Kier alpha value is -1.67. The standard InChI is InChI=1S/C18H22O11S/c1-30-18(24)26-4-6-2-8-11-7(15(23)27-8)5-25-16(10(6)11)29-17-14(22)13(21)12(20)9(3-19)28-17/h2,5,8-14,16-17,19-22H,3-4H2,1H3/t8-,9+,10+,11-,12+,13-,14+,16-,17-/m0/s1. The van der Waals surface area contributed by atoms with E-state index in [1.807, 2.05) is 0 Å². The number of carbonyl (C=O) groups is 2. The van der Waals surface area contributed by atoms with Crippen LogP contribution in [0.25, 0.3) is 0 Å². The summed E-state index contributed by atoms with van der Waals surface area (Å²) in [5.74, 6) is -1.52. The third-order valence-electron chi connectivity index (χ3n) is 5.65. The lowest BCUT2D eigenvalue weighted by Gasteiger charge is -2.42. The van der Waals surface area contributed by atoms with E-state index in [0.29, 0.717) is 11.1 Å². The van der Waals surface area contributed by atoms with Crippen molar-refractivity contribution in [3.63, 3.8) is 0 Å². The number of thioether (sulfide) groups is 1. The molecule has 0 spiro atoms. The molecule has 11 nitrogen and oxygen atoms in total. The van der Waals surface area contributed by atoms with Gasteiger partial charge in [0.2, 0.25) is 6.29 Å². The molecule has 4 rings (SSSR count). The number of aliphatic hydroxyl groups is 4. The zero-order valence-corrected chi connectivity index (χ0v) is 16.6. The van der Waals surface area contributed by atoms with Crippen LogP contribution >= 0.6 is 11.8 Å². The first-order valence-corrected chi connectivity index (χ1v) is 10.5. The predicted octanol–water partition coefficient (Wildman–Crippen LogP) is -1.36. The molecule has 3 aliphatic heterocycles. The van der Waals surface area contributed by atoms with Gasteiger partial charge >= 0.3 is 11.3 Å². The maximum Gasteiger partial charge on any atom is 0.367 e. The zero-order chi connectivity index (χ0) is 21.6. The van der Waals surface area contributed by atoms with Gasteiger partial charge in [0.25, 0.3) is 0 Å².